The predicted molar refractivity (Wildman–Crippen MR) is 123 cm³/mol. The number of hydrogen-bond acceptors (Lipinski definition) is 4. The Morgan fingerprint density at radius 2 is 1.84 bits per heavy atom. The van der Waals surface area contributed by atoms with Gasteiger partial charge in [-0.2, -0.15) is 5.26 Å². The topological polar surface area (TPSA) is 84.1 Å². The summed E-state index contributed by atoms with van der Waals surface area (Å²) in [6.07, 6.45) is 1.59. The third-order valence-corrected chi connectivity index (χ3v) is 5.05. The summed E-state index contributed by atoms with van der Waals surface area (Å²) in [4.78, 5) is 24.7. The van der Waals surface area contributed by atoms with Crippen LogP contribution in [0.4, 0.5) is 0 Å². The molecule has 3 aromatic rings. The van der Waals surface area contributed by atoms with Crippen molar-refractivity contribution in [3.05, 3.63) is 94.3 Å². The number of ether oxygens (including phenoxy) is 1. The molecule has 0 unspecified atom stereocenters. The van der Waals surface area contributed by atoms with E-state index in [0.717, 1.165) is 28.2 Å². The average Bonchev–Trinajstić information content (AvgIpc) is 3.09. The minimum absolute atomic E-state index is 0.0291. The van der Waals surface area contributed by atoms with Crippen molar-refractivity contribution >= 4 is 18.0 Å². The Labute approximate surface area is 187 Å². The Balaban J connectivity index is 1.87. The highest BCUT2D eigenvalue weighted by molar-refractivity contribution is 6.01. The Kier molecular flexibility index (Phi) is 7.25. The Hall–Kier alpha value is -4.11. The molecule has 0 atom stereocenters. The molecule has 0 spiro atoms. The van der Waals surface area contributed by atoms with Gasteiger partial charge in [0.1, 0.15) is 11.6 Å². The van der Waals surface area contributed by atoms with Gasteiger partial charge in [-0.05, 0) is 62.2 Å². The van der Waals surface area contributed by atoms with Crippen molar-refractivity contribution < 1.29 is 14.3 Å². The molecule has 2 aromatic carbocycles. The number of nitrogens with one attached hydrogen (secondary N) is 1. The first-order valence-electron chi connectivity index (χ1n) is 10.3. The Morgan fingerprint density at radius 1 is 1.09 bits per heavy atom. The smallest absolute Gasteiger partial charge is 0.338 e. The first kappa shape index (κ1) is 22.6. The van der Waals surface area contributed by atoms with E-state index in [2.05, 4.69) is 5.32 Å². The van der Waals surface area contributed by atoms with Crippen LogP contribution < -0.4 is 5.32 Å². The summed E-state index contributed by atoms with van der Waals surface area (Å²) < 4.78 is 7.07. The fraction of sp³-hybridized carbons (Fsp3) is 0.192. The van der Waals surface area contributed by atoms with Gasteiger partial charge in [0.2, 0.25) is 0 Å². The molecule has 0 saturated heterocycles. The number of carbonyl (C=O) groups is 2. The van der Waals surface area contributed by atoms with E-state index in [1.165, 1.54) is 0 Å². The molecule has 1 N–H and O–H groups in total. The highest BCUT2D eigenvalue weighted by Crippen LogP contribution is 2.24. The van der Waals surface area contributed by atoms with Crippen LogP contribution in [0.3, 0.4) is 0 Å². The second kappa shape index (κ2) is 10.3. The van der Waals surface area contributed by atoms with Gasteiger partial charge in [-0.25, -0.2) is 4.79 Å². The molecule has 0 fully saturated rings. The summed E-state index contributed by atoms with van der Waals surface area (Å²) in [6, 6.07) is 20.6. The van der Waals surface area contributed by atoms with Crippen LogP contribution in [0.2, 0.25) is 0 Å². The van der Waals surface area contributed by atoms with E-state index >= 15 is 0 Å². The molecule has 0 aliphatic carbocycles. The molecule has 6 heteroatoms. The number of nitriles is 1. The molecule has 6 nitrogen and oxygen atoms in total. The van der Waals surface area contributed by atoms with Gasteiger partial charge in [0.15, 0.2) is 0 Å². The van der Waals surface area contributed by atoms with Crippen LogP contribution in [0.5, 0.6) is 0 Å². The molecule has 1 aromatic heterocycles. The number of nitrogens with zero attached hydrogens (tertiary/aromatic N) is 2. The number of hydrogen-bond donors (Lipinski definition) is 1. The maximum atomic E-state index is 12.5. The number of carbonyl (C=O) groups excluding carboxylic acids is 2. The summed E-state index contributed by atoms with van der Waals surface area (Å²) in [7, 11) is 0. The van der Waals surface area contributed by atoms with Crippen LogP contribution >= 0.6 is 0 Å². The number of benzene rings is 2. The van der Waals surface area contributed by atoms with Gasteiger partial charge in [-0.3, -0.25) is 4.79 Å². The molecule has 0 saturated carbocycles. The van der Waals surface area contributed by atoms with Crippen LogP contribution in [0, 0.1) is 25.2 Å². The van der Waals surface area contributed by atoms with Gasteiger partial charge in [0.25, 0.3) is 5.91 Å². The summed E-state index contributed by atoms with van der Waals surface area (Å²) in [6.45, 7) is 6.26. The summed E-state index contributed by atoms with van der Waals surface area (Å²) in [5.74, 6) is -0.802. The summed E-state index contributed by atoms with van der Waals surface area (Å²) in [5.41, 5.74) is 4.78. The fourth-order valence-corrected chi connectivity index (χ4v) is 3.49. The molecule has 0 radical (unpaired) electrons. The van der Waals surface area contributed by atoms with Crippen molar-refractivity contribution in [3.63, 3.8) is 0 Å². The van der Waals surface area contributed by atoms with Crippen LogP contribution in [0.15, 0.2) is 66.2 Å². The van der Waals surface area contributed by atoms with Gasteiger partial charge in [-0.15, -0.1) is 0 Å². The van der Waals surface area contributed by atoms with Crippen LogP contribution in [0.1, 0.15) is 39.8 Å². The van der Waals surface area contributed by atoms with Crippen molar-refractivity contribution in [2.45, 2.75) is 27.3 Å². The van der Waals surface area contributed by atoms with Crippen molar-refractivity contribution in [1.29, 1.82) is 5.26 Å². The van der Waals surface area contributed by atoms with Gasteiger partial charge in [-0.1, -0.05) is 36.4 Å². The number of aromatic nitrogens is 1. The Morgan fingerprint density at radius 3 is 2.53 bits per heavy atom. The SMILES string of the molecule is CCOC(=O)c1cccc(-n2c(C)cc(/C=C(/C#N)C(=O)NCc3ccccc3)c2C)c1. The molecule has 3 rings (SSSR count). The number of aryl methyl sites for hydroxylation is 1. The zero-order chi connectivity index (χ0) is 23.1. The Bertz CT molecular complexity index is 1200. The van der Waals surface area contributed by atoms with Crippen LogP contribution in [-0.4, -0.2) is 23.1 Å². The zero-order valence-electron chi connectivity index (χ0n) is 18.4. The molecular formula is C26H25N3O3. The molecule has 0 bridgehead atoms. The maximum absolute atomic E-state index is 12.5. The third-order valence-electron chi connectivity index (χ3n) is 5.05. The molecule has 0 aliphatic heterocycles. The standard InChI is InChI=1S/C26H25N3O3/c1-4-32-26(31)21-11-8-12-24(15-21)29-18(2)13-22(19(29)3)14-23(16-27)25(30)28-17-20-9-6-5-7-10-20/h5-15H,4,17H2,1-3H3,(H,28,30)/b23-14-. The van der Waals surface area contributed by atoms with Crippen molar-refractivity contribution in [1.82, 2.24) is 9.88 Å². The van der Waals surface area contributed by atoms with Gasteiger partial charge < -0.3 is 14.6 Å². The summed E-state index contributed by atoms with van der Waals surface area (Å²) in [5, 5.41) is 12.3. The first-order valence-corrected chi connectivity index (χ1v) is 10.3. The molecule has 162 valence electrons. The van der Waals surface area contributed by atoms with E-state index < -0.39 is 5.91 Å². The monoisotopic (exact) mass is 427 g/mol. The minimum Gasteiger partial charge on any atom is -0.462 e. The highest BCUT2D eigenvalue weighted by Gasteiger charge is 2.15. The van der Waals surface area contributed by atoms with E-state index in [9.17, 15) is 14.9 Å². The number of amides is 1. The molecule has 0 aliphatic rings. The second-order valence-electron chi connectivity index (χ2n) is 7.27. The van der Waals surface area contributed by atoms with E-state index in [-0.39, 0.29) is 11.5 Å². The quantitative estimate of drug-likeness (QED) is 0.342. The third kappa shape index (κ3) is 5.13. The zero-order valence-corrected chi connectivity index (χ0v) is 18.4. The van der Waals surface area contributed by atoms with E-state index in [1.807, 2.05) is 66.9 Å². The molecule has 1 heterocycles. The van der Waals surface area contributed by atoms with Gasteiger partial charge in [0, 0.05) is 23.6 Å². The van der Waals surface area contributed by atoms with Gasteiger partial charge in [0.05, 0.1) is 12.2 Å². The average molecular weight is 428 g/mol. The largest absolute Gasteiger partial charge is 0.462 e. The van der Waals surface area contributed by atoms with Gasteiger partial charge >= 0.3 is 5.97 Å². The van der Waals surface area contributed by atoms with Crippen molar-refractivity contribution in [2.75, 3.05) is 6.61 Å². The van der Waals surface area contributed by atoms with Crippen molar-refractivity contribution in [3.8, 4) is 11.8 Å². The van der Waals surface area contributed by atoms with E-state index in [1.54, 1.807) is 31.2 Å². The minimum atomic E-state index is -0.425. The molecule has 32 heavy (non-hydrogen) atoms. The van der Waals surface area contributed by atoms with Crippen LogP contribution in [0.25, 0.3) is 11.8 Å². The highest BCUT2D eigenvalue weighted by atomic mass is 16.5. The summed E-state index contributed by atoms with van der Waals surface area (Å²) >= 11 is 0. The lowest BCUT2D eigenvalue weighted by Gasteiger charge is -2.11. The number of rotatable bonds is 7. The fourth-order valence-electron chi connectivity index (χ4n) is 3.49. The molecule has 1 amide bonds. The van der Waals surface area contributed by atoms with Crippen LogP contribution in [-0.2, 0) is 16.1 Å². The molecular weight excluding hydrogens is 402 g/mol. The lowest BCUT2D eigenvalue weighted by molar-refractivity contribution is -0.117. The van der Waals surface area contributed by atoms with E-state index in [0.29, 0.717) is 18.7 Å². The second-order valence-corrected chi connectivity index (χ2v) is 7.27. The van der Waals surface area contributed by atoms with E-state index in [4.69, 9.17) is 4.74 Å². The van der Waals surface area contributed by atoms with Crippen molar-refractivity contribution in [2.24, 2.45) is 0 Å². The lowest BCUT2D eigenvalue weighted by Crippen LogP contribution is -2.23. The maximum Gasteiger partial charge on any atom is 0.338 e. The first-order chi connectivity index (χ1) is 15.4. The number of esters is 1. The predicted octanol–water partition coefficient (Wildman–Crippen LogP) is 4.49. The normalized spacial score (nSPS) is 11.0. The lowest BCUT2D eigenvalue weighted by atomic mass is 10.1.